The molecule has 1 amide bonds. The molecule has 2 aromatic rings. The van der Waals surface area contributed by atoms with Gasteiger partial charge in [0.2, 0.25) is 15.9 Å². The van der Waals surface area contributed by atoms with E-state index in [9.17, 15) is 13.2 Å². The number of rotatable bonds is 8. The van der Waals surface area contributed by atoms with E-state index in [4.69, 9.17) is 16.3 Å². The lowest BCUT2D eigenvalue weighted by Crippen LogP contribution is -2.37. The van der Waals surface area contributed by atoms with Crippen molar-refractivity contribution in [1.82, 2.24) is 4.31 Å². The summed E-state index contributed by atoms with van der Waals surface area (Å²) in [5, 5.41) is 2.88. The fourth-order valence-corrected chi connectivity index (χ4v) is 4.04. The normalized spacial score (nSPS) is 11.4. The van der Waals surface area contributed by atoms with Gasteiger partial charge in [-0.2, -0.15) is 4.31 Å². The minimum atomic E-state index is -3.86. The van der Waals surface area contributed by atoms with Crippen LogP contribution in [0.5, 0.6) is 5.75 Å². The Hall–Kier alpha value is -2.09. The van der Waals surface area contributed by atoms with Crippen molar-refractivity contribution < 1.29 is 17.9 Å². The Morgan fingerprint density at radius 1 is 1.15 bits per heavy atom. The number of nitrogens with zero attached hydrogens (tertiary/aromatic N) is 1. The van der Waals surface area contributed by atoms with Crippen molar-refractivity contribution in [3.63, 3.8) is 0 Å². The van der Waals surface area contributed by atoms with Gasteiger partial charge in [-0.25, -0.2) is 8.42 Å². The summed E-state index contributed by atoms with van der Waals surface area (Å²) < 4.78 is 32.1. The minimum absolute atomic E-state index is 0.0142. The Morgan fingerprint density at radius 2 is 1.85 bits per heavy atom. The first-order valence-electron chi connectivity index (χ1n) is 8.15. The lowest BCUT2D eigenvalue weighted by atomic mass is 10.3. The third-order valence-corrected chi connectivity index (χ3v) is 5.78. The molecule has 1 N–H and O–H groups in total. The molecule has 0 bridgehead atoms. The number of hydrogen-bond acceptors (Lipinski definition) is 4. The number of carbonyl (C=O) groups excluding carboxylic acids is 1. The average molecular weight is 397 g/mol. The molecule has 0 atom stereocenters. The second-order valence-electron chi connectivity index (χ2n) is 5.37. The summed E-state index contributed by atoms with van der Waals surface area (Å²) in [4.78, 5) is 12.2. The lowest BCUT2D eigenvalue weighted by Gasteiger charge is -2.20. The zero-order valence-corrected chi connectivity index (χ0v) is 16.2. The number of carbonyl (C=O) groups is 1. The number of nitrogens with one attached hydrogen (secondary N) is 1. The maximum atomic E-state index is 12.8. The van der Waals surface area contributed by atoms with Crippen LogP contribution in [0.2, 0.25) is 5.02 Å². The molecular formula is C18H21ClN2O4S. The number of amides is 1. The van der Waals surface area contributed by atoms with E-state index < -0.39 is 15.9 Å². The van der Waals surface area contributed by atoms with Crippen molar-refractivity contribution in [1.29, 1.82) is 0 Å². The van der Waals surface area contributed by atoms with Crippen LogP contribution in [0.25, 0.3) is 0 Å². The molecule has 2 rings (SSSR count). The highest BCUT2D eigenvalue weighted by Crippen LogP contribution is 2.28. The topological polar surface area (TPSA) is 75.7 Å². The molecule has 0 heterocycles. The van der Waals surface area contributed by atoms with Crippen molar-refractivity contribution >= 4 is 33.2 Å². The summed E-state index contributed by atoms with van der Waals surface area (Å²) in [6.45, 7) is 3.76. The van der Waals surface area contributed by atoms with Crippen LogP contribution < -0.4 is 10.1 Å². The Bertz CT molecular complexity index is 857. The van der Waals surface area contributed by atoms with E-state index in [1.807, 2.05) is 13.0 Å². The second-order valence-corrected chi connectivity index (χ2v) is 7.72. The van der Waals surface area contributed by atoms with Gasteiger partial charge in [-0.15, -0.1) is 0 Å². The van der Waals surface area contributed by atoms with E-state index >= 15 is 0 Å². The summed E-state index contributed by atoms with van der Waals surface area (Å²) in [6.07, 6.45) is 0. The maximum absolute atomic E-state index is 12.8. The molecule has 140 valence electrons. The first kappa shape index (κ1) is 20.2. The fraction of sp³-hybridized carbons (Fsp3) is 0.278. The number of sulfonamides is 1. The monoisotopic (exact) mass is 396 g/mol. The average Bonchev–Trinajstić information content (AvgIpc) is 2.62. The van der Waals surface area contributed by atoms with Crippen LogP contribution in [0.3, 0.4) is 0 Å². The SMILES string of the molecule is CCOc1ccc(S(=O)(=O)N(CC)CC(=O)Nc2ccccc2)cc1Cl. The van der Waals surface area contributed by atoms with Gasteiger partial charge < -0.3 is 10.1 Å². The van der Waals surface area contributed by atoms with Crippen LogP contribution >= 0.6 is 11.6 Å². The molecule has 0 fully saturated rings. The van der Waals surface area contributed by atoms with Crippen LogP contribution in [0.15, 0.2) is 53.4 Å². The molecule has 0 aliphatic carbocycles. The van der Waals surface area contributed by atoms with Crippen molar-refractivity contribution in [3.05, 3.63) is 53.6 Å². The van der Waals surface area contributed by atoms with E-state index in [2.05, 4.69) is 5.32 Å². The smallest absolute Gasteiger partial charge is 0.243 e. The summed E-state index contributed by atoms with van der Waals surface area (Å²) in [6, 6.07) is 13.1. The number of hydrogen-bond donors (Lipinski definition) is 1. The summed E-state index contributed by atoms with van der Waals surface area (Å²) in [5.74, 6) is -0.00311. The van der Waals surface area contributed by atoms with Crippen molar-refractivity contribution in [2.24, 2.45) is 0 Å². The van der Waals surface area contributed by atoms with Crippen LogP contribution in [-0.4, -0.2) is 38.3 Å². The van der Waals surface area contributed by atoms with Crippen molar-refractivity contribution in [2.45, 2.75) is 18.7 Å². The minimum Gasteiger partial charge on any atom is -0.492 e. The van der Waals surface area contributed by atoms with Crippen molar-refractivity contribution in [3.8, 4) is 5.75 Å². The predicted molar refractivity (Wildman–Crippen MR) is 102 cm³/mol. The van der Waals surface area contributed by atoms with E-state index in [1.165, 1.54) is 18.2 Å². The molecular weight excluding hydrogens is 376 g/mol. The largest absolute Gasteiger partial charge is 0.492 e. The number of ether oxygens (including phenoxy) is 1. The van der Waals surface area contributed by atoms with Gasteiger partial charge in [0.1, 0.15) is 5.75 Å². The standard InChI is InChI=1S/C18H21ClN2O4S/c1-3-21(13-18(22)20-14-8-6-5-7-9-14)26(23,24)15-10-11-17(25-4-2)16(19)12-15/h5-12H,3-4,13H2,1-2H3,(H,20,22). The highest BCUT2D eigenvalue weighted by Gasteiger charge is 2.26. The van der Waals surface area contributed by atoms with Crippen LogP contribution in [-0.2, 0) is 14.8 Å². The number of likely N-dealkylation sites (N-methyl/N-ethyl adjacent to an activating group) is 1. The Balaban J connectivity index is 2.17. The Morgan fingerprint density at radius 3 is 2.42 bits per heavy atom. The van der Waals surface area contributed by atoms with E-state index in [0.29, 0.717) is 18.0 Å². The highest BCUT2D eigenvalue weighted by atomic mass is 35.5. The second kappa shape index (κ2) is 9.02. The molecule has 0 saturated heterocycles. The lowest BCUT2D eigenvalue weighted by molar-refractivity contribution is -0.116. The Kier molecular flexibility index (Phi) is 7.02. The zero-order valence-electron chi connectivity index (χ0n) is 14.6. The summed E-state index contributed by atoms with van der Waals surface area (Å²) in [5.41, 5.74) is 0.607. The molecule has 0 radical (unpaired) electrons. The summed E-state index contributed by atoms with van der Waals surface area (Å²) in [7, 11) is -3.86. The van der Waals surface area contributed by atoms with Crippen molar-refractivity contribution in [2.75, 3.05) is 25.0 Å². The van der Waals surface area contributed by atoms with Crippen LogP contribution in [0.4, 0.5) is 5.69 Å². The van der Waals surface area contributed by atoms with Crippen LogP contribution in [0.1, 0.15) is 13.8 Å². The maximum Gasteiger partial charge on any atom is 0.243 e. The molecule has 26 heavy (non-hydrogen) atoms. The third kappa shape index (κ3) is 4.97. The molecule has 0 spiro atoms. The number of benzene rings is 2. The predicted octanol–water partition coefficient (Wildman–Crippen LogP) is 3.39. The van der Waals surface area contributed by atoms with Gasteiger partial charge in [0, 0.05) is 12.2 Å². The highest BCUT2D eigenvalue weighted by molar-refractivity contribution is 7.89. The van der Waals surface area contributed by atoms with Gasteiger partial charge in [0.15, 0.2) is 0 Å². The Labute approximate surface area is 158 Å². The molecule has 0 aliphatic rings. The number of halogens is 1. The van der Waals surface area contributed by atoms with Gasteiger partial charge >= 0.3 is 0 Å². The molecule has 2 aromatic carbocycles. The van der Waals surface area contributed by atoms with Gasteiger partial charge in [0.05, 0.1) is 23.1 Å². The van der Waals surface area contributed by atoms with Gasteiger partial charge in [0.25, 0.3) is 0 Å². The molecule has 0 unspecified atom stereocenters. The molecule has 0 saturated carbocycles. The van der Waals surface area contributed by atoms with Crippen LogP contribution in [0, 0.1) is 0 Å². The molecule has 0 aliphatic heterocycles. The van der Waals surface area contributed by atoms with E-state index in [-0.39, 0.29) is 23.0 Å². The van der Waals surface area contributed by atoms with Gasteiger partial charge in [-0.3, -0.25) is 4.79 Å². The molecule has 6 nitrogen and oxygen atoms in total. The molecule has 0 aromatic heterocycles. The summed E-state index contributed by atoms with van der Waals surface area (Å²) >= 11 is 6.09. The van der Waals surface area contributed by atoms with E-state index in [1.54, 1.807) is 31.2 Å². The molecule has 8 heteroatoms. The van der Waals surface area contributed by atoms with E-state index in [0.717, 1.165) is 4.31 Å². The first-order valence-corrected chi connectivity index (χ1v) is 9.97. The number of para-hydroxylation sites is 1. The number of anilines is 1. The third-order valence-electron chi connectivity index (χ3n) is 3.57. The van der Waals surface area contributed by atoms with Gasteiger partial charge in [-0.1, -0.05) is 36.7 Å². The fourth-order valence-electron chi connectivity index (χ4n) is 2.31. The quantitative estimate of drug-likeness (QED) is 0.742. The van der Waals surface area contributed by atoms with Gasteiger partial charge in [-0.05, 0) is 37.3 Å². The zero-order chi connectivity index (χ0) is 19.2. The first-order chi connectivity index (χ1) is 12.4.